The molecule has 0 amide bonds. The second kappa shape index (κ2) is 6.57. The number of hydrogen-bond acceptors (Lipinski definition) is 5. The van der Waals surface area contributed by atoms with E-state index in [1.807, 2.05) is 48.5 Å². The molecular weight excluding hydrogens is 326 g/mol. The quantitative estimate of drug-likeness (QED) is 0.579. The van der Waals surface area contributed by atoms with Crippen molar-refractivity contribution in [3.63, 3.8) is 0 Å². The molecule has 4 rings (SSSR count). The van der Waals surface area contributed by atoms with Crippen LogP contribution in [0.4, 0.5) is 11.6 Å². The zero-order chi connectivity index (χ0) is 17.9. The number of fused-ring (bicyclic) bond motifs is 1. The van der Waals surface area contributed by atoms with Crippen molar-refractivity contribution in [3.05, 3.63) is 66.4 Å². The van der Waals surface area contributed by atoms with Crippen molar-refractivity contribution in [3.8, 4) is 23.1 Å². The first-order valence-electron chi connectivity index (χ1n) is 8.02. The Hall–Kier alpha value is -3.85. The fourth-order valence-corrected chi connectivity index (χ4v) is 2.85. The molecule has 0 atom stereocenters. The van der Waals surface area contributed by atoms with Crippen LogP contribution in [0.3, 0.4) is 0 Å². The molecule has 0 unspecified atom stereocenters. The van der Waals surface area contributed by atoms with Crippen LogP contribution in [0.15, 0.2) is 60.8 Å². The van der Waals surface area contributed by atoms with E-state index in [4.69, 9.17) is 9.72 Å². The Labute approximate surface area is 150 Å². The fraction of sp³-hybridized carbons (Fsp3) is 0.0500. The molecule has 26 heavy (non-hydrogen) atoms. The van der Waals surface area contributed by atoms with Crippen molar-refractivity contribution in [2.75, 3.05) is 12.4 Å². The largest absolute Gasteiger partial charge is 0.497 e. The van der Waals surface area contributed by atoms with Crippen LogP contribution in [0.25, 0.3) is 22.0 Å². The molecule has 0 spiro atoms. The van der Waals surface area contributed by atoms with E-state index in [0.717, 1.165) is 33.6 Å². The molecule has 0 radical (unpaired) electrons. The topological polar surface area (TPSA) is 86.6 Å². The minimum atomic E-state index is 0.595. The Morgan fingerprint density at radius 3 is 2.81 bits per heavy atom. The Morgan fingerprint density at radius 2 is 2.04 bits per heavy atom. The highest BCUT2D eigenvalue weighted by Gasteiger charge is 2.11. The van der Waals surface area contributed by atoms with Gasteiger partial charge in [0.2, 0.25) is 0 Å². The molecule has 2 N–H and O–H groups in total. The monoisotopic (exact) mass is 341 g/mol. The summed E-state index contributed by atoms with van der Waals surface area (Å²) < 4.78 is 5.35. The van der Waals surface area contributed by atoms with Gasteiger partial charge < -0.3 is 10.1 Å². The van der Waals surface area contributed by atoms with E-state index in [1.54, 1.807) is 19.4 Å². The highest BCUT2D eigenvalue weighted by molar-refractivity contribution is 5.97. The molecule has 4 aromatic rings. The Kier molecular flexibility index (Phi) is 3.96. The van der Waals surface area contributed by atoms with Crippen LogP contribution < -0.4 is 10.1 Å². The van der Waals surface area contributed by atoms with Gasteiger partial charge in [0.1, 0.15) is 17.4 Å². The van der Waals surface area contributed by atoms with E-state index in [-0.39, 0.29) is 0 Å². The Bertz CT molecular complexity index is 1110. The van der Waals surface area contributed by atoms with Crippen LogP contribution in [0.1, 0.15) is 5.56 Å². The lowest BCUT2D eigenvalue weighted by atomic mass is 10.0. The number of ether oxygens (including phenoxy) is 1. The van der Waals surface area contributed by atoms with Crippen LogP contribution in [0, 0.1) is 11.3 Å². The second-order valence-corrected chi connectivity index (χ2v) is 5.73. The van der Waals surface area contributed by atoms with Gasteiger partial charge >= 0.3 is 0 Å². The molecule has 0 aliphatic rings. The molecule has 0 fully saturated rings. The van der Waals surface area contributed by atoms with Crippen LogP contribution in [0.2, 0.25) is 0 Å². The minimum Gasteiger partial charge on any atom is -0.497 e. The first-order valence-corrected chi connectivity index (χ1v) is 8.02. The average Bonchev–Trinajstić information content (AvgIpc) is 3.20. The molecule has 2 aromatic heterocycles. The normalized spacial score (nSPS) is 10.5. The van der Waals surface area contributed by atoms with Gasteiger partial charge in [-0.05, 0) is 41.8 Å². The van der Waals surface area contributed by atoms with Gasteiger partial charge in [-0.15, -0.1) is 0 Å². The van der Waals surface area contributed by atoms with Crippen LogP contribution in [-0.4, -0.2) is 22.3 Å². The molecule has 0 saturated carbocycles. The highest BCUT2D eigenvalue weighted by atomic mass is 16.5. The number of pyridine rings is 1. The van der Waals surface area contributed by atoms with Gasteiger partial charge in [0, 0.05) is 17.0 Å². The van der Waals surface area contributed by atoms with Crippen molar-refractivity contribution in [1.29, 1.82) is 5.26 Å². The number of aromatic amines is 1. The summed E-state index contributed by atoms with van der Waals surface area (Å²) in [5.41, 5.74) is 2.27. The lowest BCUT2D eigenvalue weighted by Crippen LogP contribution is -1.97. The van der Waals surface area contributed by atoms with E-state index < -0.39 is 0 Å². The third-order valence-corrected chi connectivity index (χ3v) is 4.07. The molecular formula is C20H15N5O. The molecule has 2 aromatic carbocycles. The number of hydrogen-bond donors (Lipinski definition) is 2. The van der Waals surface area contributed by atoms with Crippen molar-refractivity contribution < 1.29 is 4.74 Å². The van der Waals surface area contributed by atoms with Crippen LogP contribution in [0.5, 0.6) is 5.75 Å². The zero-order valence-corrected chi connectivity index (χ0v) is 14.0. The lowest BCUT2D eigenvalue weighted by molar-refractivity contribution is 0.415. The minimum absolute atomic E-state index is 0.595. The molecule has 6 nitrogen and oxygen atoms in total. The molecule has 6 heteroatoms. The van der Waals surface area contributed by atoms with Crippen LogP contribution in [-0.2, 0) is 0 Å². The van der Waals surface area contributed by atoms with E-state index in [1.165, 1.54) is 0 Å². The Balaban J connectivity index is 1.92. The van der Waals surface area contributed by atoms with Gasteiger partial charge in [0.15, 0.2) is 0 Å². The predicted molar refractivity (Wildman–Crippen MR) is 100 cm³/mol. The van der Waals surface area contributed by atoms with E-state index in [9.17, 15) is 5.26 Å². The smallest absolute Gasteiger partial charge is 0.132 e. The summed E-state index contributed by atoms with van der Waals surface area (Å²) in [6.07, 6.45) is 1.67. The van der Waals surface area contributed by atoms with Crippen molar-refractivity contribution in [2.45, 2.75) is 0 Å². The van der Waals surface area contributed by atoms with Gasteiger partial charge in [-0.3, -0.25) is 5.10 Å². The van der Waals surface area contributed by atoms with Crippen molar-refractivity contribution >= 4 is 22.4 Å². The fourth-order valence-electron chi connectivity index (χ4n) is 2.85. The number of rotatable bonds is 4. The number of nitriles is 1. The molecule has 0 aliphatic heterocycles. The molecule has 0 saturated heterocycles. The molecule has 0 bridgehead atoms. The second-order valence-electron chi connectivity index (χ2n) is 5.73. The number of benzene rings is 2. The maximum Gasteiger partial charge on any atom is 0.132 e. The first-order chi connectivity index (χ1) is 12.8. The van der Waals surface area contributed by atoms with E-state index in [0.29, 0.717) is 11.4 Å². The molecule has 0 aliphatic carbocycles. The summed E-state index contributed by atoms with van der Waals surface area (Å²) in [4.78, 5) is 4.77. The summed E-state index contributed by atoms with van der Waals surface area (Å²) in [7, 11) is 1.64. The van der Waals surface area contributed by atoms with Crippen LogP contribution >= 0.6 is 0 Å². The zero-order valence-electron chi connectivity index (χ0n) is 14.0. The predicted octanol–water partition coefficient (Wildman–Crippen LogP) is 4.25. The number of anilines is 2. The maximum absolute atomic E-state index is 9.21. The standard InChI is InChI=1S/C20H15N5O/c1-26-16-5-6-17-15(10-16)11-19(23-18-7-8-22-25-18)24-20(17)14-4-2-3-13(9-14)12-21/h2-11H,1H3,(H2,22,23,24,25). The van der Waals surface area contributed by atoms with Gasteiger partial charge in [0.25, 0.3) is 0 Å². The maximum atomic E-state index is 9.21. The molecule has 126 valence electrons. The summed E-state index contributed by atoms with van der Waals surface area (Å²) in [5, 5.41) is 21.2. The van der Waals surface area contributed by atoms with E-state index in [2.05, 4.69) is 21.6 Å². The highest BCUT2D eigenvalue weighted by Crippen LogP contribution is 2.32. The SMILES string of the molecule is COc1ccc2c(-c3cccc(C#N)c3)nc(Nc3ccn[nH]3)cc2c1. The summed E-state index contributed by atoms with van der Waals surface area (Å²) in [5.74, 6) is 2.19. The lowest BCUT2D eigenvalue weighted by Gasteiger charge is -2.12. The van der Waals surface area contributed by atoms with Gasteiger partial charge in [-0.25, -0.2) is 4.98 Å². The average molecular weight is 341 g/mol. The van der Waals surface area contributed by atoms with Gasteiger partial charge in [-0.1, -0.05) is 12.1 Å². The summed E-state index contributed by atoms with van der Waals surface area (Å²) >= 11 is 0. The van der Waals surface area contributed by atoms with Crippen molar-refractivity contribution in [2.24, 2.45) is 0 Å². The van der Waals surface area contributed by atoms with E-state index >= 15 is 0 Å². The number of nitrogens with one attached hydrogen (secondary N) is 2. The third kappa shape index (κ3) is 2.94. The summed E-state index contributed by atoms with van der Waals surface area (Å²) in [6.45, 7) is 0. The Morgan fingerprint density at radius 1 is 1.12 bits per heavy atom. The first kappa shape index (κ1) is 15.7. The molecule has 2 heterocycles. The number of nitrogens with zero attached hydrogens (tertiary/aromatic N) is 3. The summed E-state index contributed by atoms with van der Waals surface area (Å²) in [6, 6.07) is 19.2. The number of methoxy groups -OCH3 is 1. The van der Waals surface area contributed by atoms with Gasteiger partial charge in [-0.2, -0.15) is 10.4 Å². The number of H-pyrrole nitrogens is 1. The third-order valence-electron chi connectivity index (χ3n) is 4.07. The number of aromatic nitrogens is 3. The van der Waals surface area contributed by atoms with Gasteiger partial charge in [0.05, 0.1) is 30.6 Å². The van der Waals surface area contributed by atoms with Crippen molar-refractivity contribution in [1.82, 2.24) is 15.2 Å².